The number of halogens is 1. The van der Waals surface area contributed by atoms with Crippen LogP contribution in [0.1, 0.15) is 28.7 Å². The van der Waals surface area contributed by atoms with Crippen molar-refractivity contribution in [2.75, 3.05) is 13.2 Å². The third-order valence-electron chi connectivity index (χ3n) is 3.75. The summed E-state index contributed by atoms with van der Waals surface area (Å²) in [5.74, 6) is 1.07. The average Bonchev–Trinajstić information content (AvgIpc) is 3.28. The third kappa shape index (κ3) is 3.16. The molecule has 0 N–H and O–H groups in total. The van der Waals surface area contributed by atoms with E-state index >= 15 is 0 Å². The van der Waals surface area contributed by atoms with Crippen LogP contribution in [-0.2, 0) is 11.2 Å². The lowest BCUT2D eigenvalue weighted by Gasteiger charge is -1.97. The molecule has 0 amide bonds. The predicted octanol–water partition coefficient (Wildman–Crippen LogP) is 3.43. The highest BCUT2D eigenvalue weighted by atomic mass is 32.1. The lowest BCUT2D eigenvalue weighted by molar-refractivity contribution is 0.192. The molecule has 0 spiro atoms. The van der Waals surface area contributed by atoms with Crippen LogP contribution in [0.25, 0.3) is 11.6 Å². The van der Waals surface area contributed by atoms with Crippen LogP contribution >= 0.6 is 11.3 Å². The van der Waals surface area contributed by atoms with Crippen molar-refractivity contribution in [1.29, 1.82) is 0 Å². The molecular formula is C16H14FN3O2S. The summed E-state index contributed by atoms with van der Waals surface area (Å²) in [5, 5.41) is 6.80. The van der Waals surface area contributed by atoms with Gasteiger partial charge in [0.15, 0.2) is 5.82 Å². The van der Waals surface area contributed by atoms with Gasteiger partial charge in [0.05, 0.1) is 11.6 Å². The van der Waals surface area contributed by atoms with Crippen LogP contribution in [0.4, 0.5) is 4.39 Å². The van der Waals surface area contributed by atoms with E-state index in [1.165, 1.54) is 23.5 Å². The molecule has 1 aliphatic heterocycles. The quantitative estimate of drug-likeness (QED) is 0.733. The van der Waals surface area contributed by atoms with E-state index in [0.717, 1.165) is 23.6 Å². The van der Waals surface area contributed by atoms with Gasteiger partial charge in [-0.3, -0.25) is 0 Å². The minimum absolute atomic E-state index is 0.206. The number of nitrogens with zero attached hydrogens (tertiary/aromatic N) is 3. The van der Waals surface area contributed by atoms with Gasteiger partial charge in [-0.1, -0.05) is 17.3 Å². The fraction of sp³-hybridized carbons (Fsp3) is 0.312. The summed E-state index contributed by atoms with van der Waals surface area (Å²) in [6.07, 6.45) is 1.50. The third-order valence-corrected chi connectivity index (χ3v) is 4.60. The lowest BCUT2D eigenvalue weighted by atomic mass is 10.1. The molecule has 0 saturated carbocycles. The number of aromatic nitrogens is 3. The zero-order valence-electron chi connectivity index (χ0n) is 12.2. The molecule has 1 saturated heterocycles. The van der Waals surface area contributed by atoms with Gasteiger partial charge in [0, 0.05) is 24.3 Å². The van der Waals surface area contributed by atoms with E-state index < -0.39 is 0 Å². The molecule has 1 fully saturated rings. The van der Waals surface area contributed by atoms with Crippen LogP contribution in [0.5, 0.6) is 0 Å². The maximum atomic E-state index is 13.2. The van der Waals surface area contributed by atoms with E-state index in [-0.39, 0.29) is 11.7 Å². The Bertz CT molecular complexity index is 811. The molecule has 3 heterocycles. The summed E-state index contributed by atoms with van der Waals surface area (Å²) in [6, 6.07) is 6.54. The second kappa shape index (κ2) is 6.17. The number of benzene rings is 1. The zero-order valence-corrected chi connectivity index (χ0v) is 13.1. The molecule has 4 rings (SSSR count). The number of rotatable bonds is 4. The van der Waals surface area contributed by atoms with E-state index in [1.807, 2.05) is 11.4 Å². The SMILES string of the molecule is Fc1cccc(Cc2nc(-c3nc(C4CCOC4)no3)cs2)c1. The van der Waals surface area contributed by atoms with Crippen LogP contribution in [0.15, 0.2) is 34.2 Å². The first-order valence-electron chi connectivity index (χ1n) is 7.38. The Kier molecular flexibility index (Phi) is 3.88. The van der Waals surface area contributed by atoms with Gasteiger partial charge in [0.2, 0.25) is 0 Å². The molecule has 23 heavy (non-hydrogen) atoms. The van der Waals surface area contributed by atoms with Crippen molar-refractivity contribution in [2.45, 2.75) is 18.8 Å². The summed E-state index contributed by atoms with van der Waals surface area (Å²) >= 11 is 1.50. The van der Waals surface area contributed by atoms with Gasteiger partial charge in [0.25, 0.3) is 5.89 Å². The highest BCUT2D eigenvalue weighted by Crippen LogP contribution is 2.27. The summed E-state index contributed by atoms with van der Waals surface area (Å²) < 4.78 is 23.9. The van der Waals surface area contributed by atoms with E-state index in [9.17, 15) is 4.39 Å². The highest BCUT2D eigenvalue weighted by molar-refractivity contribution is 7.10. The summed E-state index contributed by atoms with van der Waals surface area (Å²) in [6.45, 7) is 1.38. The maximum Gasteiger partial charge on any atom is 0.277 e. The zero-order chi connectivity index (χ0) is 15.6. The summed E-state index contributed by atoms with van der Waals surface area (Å²) in [7, 11) is 0. The Morgan fingerprint density at radius 2 is 2.26 bits per heavy atom. The van der Waals surface area contributed by atoms with Gasteiger partial charge in [-0.05, 0) is 24.1 Å². The Balaban J connectivity index is 1.51. The minimum Gasteiger partial charge on any atom is -0.381 e. The molecule has 1 atom stereocenters. The Hall–Kier alpha value is -2.12. The maximum absolute atomic E-state index is 13.2. The van der Waals surface area contributed by atoms with Gasteiger partial charge >= 0.3 is 0 Å². The van der Waals surface area contributed by atoms with E-state index in [1.54, 1.807) is 6.07 Å². The fourth-order valence-electron chi connectivity index (χ4n) is 2.55. The van der Waals surface area contributed by atoms with Crippen molar-refractivity contribution in [3.8, 4) is 11.6 Å². The first-order chi connectivity index (χ1) is 11.3. The van der Waals surface area contributed by atoms with Crippen molar-refractivity contribution in [3.63, 3.8) is 0 Å². The smallest absolute Gasteiger partial charge is 0.277 e. The predicted molar refractivity (Wildman–Crippen MR) is 82.8 cm³/mol. The second-order valence-electron chi connectivity index (χ2n) is 5.45. The Morgan fingerprint density at radius 3 is 3.09 bits per heavy atom. The van der Waals surface area contributed by atoms with Gasteiger partial charge in [-0.2, -0.15) is 4.98 Å². The molecule has 7 heteroatoms. The average molecular weight is 331 g/mol. The van der Waals surface area contributed by atoms with Crippen LogP contribution in [0.2, 0.25) is 0 Å². The van der Waals surface area contributed by atoms with E-state index in [0.29, 0.717) is 30.4 Å². The van der Waals surface area contributed by atoms with Crippen molar-refractivity contribution in [1.82, 2.24) is 15.1 Å². The largest absolute Gasteiger partial charge is 0.381 e. The topological polar surface area (TPSA) is 61.0 Å². The van der Waals surface area contributed by atoms with Crippen LogP contribution in [0.3, 0.4) is 0 Å². The highest BCUT2D eigenvalue weighted by Gasteiger charge is 2.24. The normalized spacial score (nSPS) is 17.7. The molecule has 5 nitrogen and oxygen atoms in total. The number of ether oxygens (including phenoxy) is 1. The van der Waals surface area contributed by atoms with Crippen molar-refractivity contribution in [3.05, 3.63) is 51.9 Å². The lowest BCUT2D eigenvalue weighted by Crippen LogP contribution is -1.99. The summed E-state index contributed by atoms with van der Waals surface area (Å²) in [4.78, 5) is 8.94. The number of hydrogen-bond donors (Lipinski definition) is 0. The molecule has 1 aliphatic rings. The van der Waals surface area contributed by atoms with E-state index in [4.69, 9.17) is 9.26 Å². The number of thiazole rings is 1. The Labute approximate surface area is 136 Å². The van der Waals surface area contributed by atoms with Crippen molar-refractivity contribution in [2.24, 2.45) is 0 Å². The fourth-order valence-corrected chi connectivity index (χ4v) is 3.36. The summed E-state index contributed by atoms with van der Waals surface area (Å²) in [5.41, 5.74) is 1.55. The molecule has 0 radical (unpaired) electrons. The molecule has 2 aromatic heterocycles. The van der Waals surface area contributed by atoms with Crippen LogP contribution in [-0.4, -0.2) is 28.3 Å². The van der Waals surface area contributed by atoms with Crippen molar-refractivity contribution < 1.29 is 13.7 Å². The van der Waals surface area contributed by atoms with Gasteiger partial charge in [0.1, 0.15) is 11.5 Å². The monoisotopic (exact) mass is 331 g/mol. The first-order valence-corrected chi connectivity index (χ1v) is 8.26. The van der Waals surface area contributed by atoms with E-state index in [2.05, 4.69) is 15.1 Å². The molecular weight excluding hydrogens is 317 g/mol. The first kappa shape index (κ1) is 14.5. The standard InChI is InChI=1S/C16H14FN3O2S/c17-12-3-1-2-10(6-12)7-14-18-13(9-23-14)16-19-15(20-22-16)11-4-5-21-8-11/h1-3,6,9,11H,4-5,7-8H2. The molecule has 1 aromatic carbocycles. The number of hydrogen-bond acceptors (Lipinski definition) is 6. The molecule has 1 unspecified atom stereocenters. The van der Waals surface area contributed by atoms with Crippen LogP contribution in [0, 0.1) is 5.82 Å². The molecule has 0 bridgehead atoms. The van der Waals surface area contributed by atoms with Gasteiger partial charge < -0.3 is 9.26 Å². The molecule has 0 aliphatic carbocycles. The minimum atomic E-state index is -0.236. The Morgan fingerprint density at radius 1 is 1.30 bits per heavy atom. The molecule has 3 aromatic rings. The van der Waals surface area contributed by atoms with Crippen LogP contribution < -0.4 is 0 Å². The van der Waals surface area contributed by atoms with Gasteiger partial charge in [-0.15, -0.1) is 11.3 Å². The molecule has 118 valence electrons. The van der Waals surface area contributed by atoms with Crippen molar-refractivity contribution >= 4 is 11.3 Å². The second-order valence-corrected chi connectivity index (χ2v) is 6.39. The van der Waals surface area contributed by atoms with Gasteiger partial charge in [-0.25, -0.2) is 9.37 Å².